The molecule has 0 aliphatic carbocycles. The zero-order valence-electron chi connectivity index (χ0n) is 60.1. The molecule has 0 aromatic rings. The van der Waals surface area contributed by atoms with Crippen LogP contribution < -0.4 is 5.32 Å². The molecule has 0 aromatic carbocycles. The number of rotatable bonds is 33. The summed E-state index contributed by atoms with van der Waals surface area (Å²) >= 11 is 0. The van der Waals surface area contributed by atoms with Crippen LogP contribution in [0.15, 0.2) is 0 Å². The second-order valence-electron chi connectivity index (χ2n) is 28.6. The Hall–Kier alpha value is -2.53. The van der Waals surface area contributed by atoms with E-state index in [-0.39, 0.29) is 0 Å². The van der Waals surface area contributed by atoms with Crippen LogP contribution in [0.5, 0.6) is 0 Å². The van der Waals surface area contributed by atoms with E-state index in [1.165, 1.54) is 0 Å². The molecule has 0 radical (unpaired) electrons. The van der Waals surface area contributed by atoms with E-state index in [1.54, 1.807) is 0 Å². The maximum absolute atomic E-state index is 12.6. The number of carbonyl (C=O) groups is 1. The highest BCUT2D eigenvalue weighted by molar-refractivity contribution is 5.73. The summed E-state index contributed by atoms with van der Waals surface area (Å²) in [6.45, 7) is -11.8. The van der Waals surface area contributed by atoms with Crippen molar-refractivity contribution >= 4 is 5.91 Å². The summed E-state index contributed by atoms with van der Waals surface area (Å²) < 4.78 is 105. The summed E-state index contributed by atoms with van der Waals surface area (Å²) in [6, 6.07) is -1.80. The summed E-state index contributed by atoms with van der Waals surface area (Å²) in [5.74, 6) is -0.908. The SMILES string of the molecule is CC(=O)N[C@@H](CO)[C@@H](O)[C@H](O[C@@H]1O[C@H](CO[C@H]2O[C@H](CO[C@H]3O[C@H](CO)[C@@H](O)[C@H](O)[C@@H]3O[C@H]3O[C@H](CO)[C@@H](O)[C@H](O)[C@@H]3O)[C@@H](O)[C@H](O[C@H]3O[C@H](CO)[C@@H](O)[C@H](O)[C@@H]3O[C@H]3O[C@H](CO)[C@@H](O)[C@H](O)[C@@H]3O)[C@@H]2O)[C@@H](O)[C@H](O[C@H]2O[C@H](CO)[C@@H](O)[C@H](O)[C@@H]2O[C@H]2O[C@H](CO)[C@@H](O)[C@H](O)[C@@H]2O[C@H]2O[C@H](CO)[C@@H](O)[C@H](O)[C@@H]2O)[C@@H]1O)[C@H](O)CO. The zero-order chi connectivity index (χ0) is 84.1. The van der Waals surface area contributed by atoms with Crippen LogP contribution in [-0.2, 0) is 90.1 Å². The van der Waals surface area contributed by atoms with Crippen LogP contribution in [0.25, 0.3) is 0 Å². The fraction of sp³-hybridized carbons (Fsp3) is 0.984. The first-order valence-electron chi connectivity index (χ1n) is 36.1. The van der Waals surface area contributed by atoms with Crippen molar-refractivity contribution in [1.82, 2.24) is 5.32 Å². The number of carbonyl (C=O) groups excluding carboxylic acids is 1. The first kappa shape index (κ1) is 95.3. The standard InChI is InChI=1S/C62H107NO51/c1-13(73)63-14(2-64)25(75)47(15(74)3-65)108-58-46(96)49(110-61-53(41(91)32(82)21(9-71)104-61)114-62-52(40(90)31(81)22(10-72)105-62)113-57-44(94)37(87)28(78)18(6-68)101-57)34(84)24(107-58)11-97-54-45(95)48(109-60-51(39(89)30(80)20(8-70)103-60)112-56-43(93)36(86)27(77)17(5-67)100-56)33(83)23(106-54)12-98-59-50(38(88)29(79)19(7-69)102-59)111-55-42(92)35(85)26(76)16(4-66)99-55/h14-62,64-72,74-96H,2-12H2,1H3,(H,63,73)/t14-,15+,16+,17+,18+,19+,20+,21+,22+,23+,24+,25+,26+,27+,28+,29+,30+,31+,32+,33+,34+,35-,36-,37-,38-,39-,40-,41-,42-,43-,44-,45-,46-,47+,48-,49-,50-,51-,52-,53-,54-,55+,56+,57+,58-,59-,60+,61+,62+/m0/s1. The molecule has 0 spiro atoms. The second kappa shape index (κ2) is 42.0. The number of hydrogen-bond donors (Lipinski definition) is 33. The predicted molar refractivity (Wildman–Crippen MR) is 343 cm³/mol. The lowest BCUT2D eigenvalue weighted by Crippen LogP contribution is -2.68. The highest BCUT2D eigenvalue weighted by Gasteiger charge is 2.61. The molecule has 114 heavy (non-hydrogen) atoms. The van der Waals surface area contributed by atoms with Gasteiger partial charge in [0.05, 0.1) is 78.7 Å². The molecule has 49 atom stereocenters. The van der Waals surface area contributed by atoms with Crippen LogP contribution in [0.3, 0.4) is 0 Å². The lowest BCUT2D eigenvalue weighted by molar-refractivity contribution is -0.407. The summed E-state index contributed by atoms with van der Waals surface area (Å²) in [6.07, 6.45) is -106. The zero-order valence-corrected chi connectivity index (χ0v) is 60.1. The fourth-order valence-corrected chi connectivity index (χ4v) is 14.2. The predicted octanol–water partition coefficient (Wildman–Crippen LogP) is -23.0. The summed E-state index contributed by atoms with van der Waals surface area (Å²) in [4.78, 5) is 12.3. The molecule has 9 heterocycles. The van der Waals surface area contributed by atoms with Crippen molar-refractivity contribution in [1.29, 1.82) is 0 Å². The van der Waals surface area contributed by atoms with Gasteiger partial charge in [0.25, 0.3) is 0 Å². The molecule has 666 valence electrons. The molecule has 52 nitrogen and oxygen atoms in total. The molecular formula is C62H107NO51. The van der Waals surface area contributed by atoms with E-state index in [0.717, 1.165) is 6.92 Å². The van der Waals surface area contributed by atoms with Gasteiger partial charge in [-0.25, -0.2) is 0 Å². The highest BCUT2D eigenvalue weighted by Crippen LogP contribution is 2.40. The first-order chi connectivity index (χ1) is 54.0. The molecule has 33 N–H and O–H groups in total. The Morgan fingerprint density at radius 1 is 0.281 bits per heavy atom. The normalized spacial score (nSPS) is 49.6. The monoisotopic (exact) mass is 1680 g/mol. The fourth-order valence-electron chi connectivity index (χ4n) is 14.2. The second-order valence-corrected chi connectivity index (χ2v) is 28.6. The van der Waals surface area contributed by atoms with Crippen molar-refractivity contribution in [2.24, 2.45) is 0 Å². The largest absolute Gasteiger partial charge is 0.394 e. The summed E-state index contributed by atoms with van der Waals surface area (Å²) in [5, 5.41) is 354. The van der Waals surface area contributed by atoms with Crippen molar-refractivity contribution in [2.75, 3.05) is 72.7 Å². The molecule has 9 saturated heterocycles. The summed E-state index contributed by atoms with van der Waals surface area (Å²) in [7, 11) is 0. The van der Waals surface area contributed by atoms with Crippen LogP contribution in [-0.4, -0.2) is 543 Å². The number of nitrogens with one attached hydrogen (secondary N) is 1. The topological polar surface area (TPSA) is 843 Å². The van der Waals surface area contributed by atoms with Crippen molar-refractivity contribution < 1.29 is 253 Å². The van der Waals surface area contributed by atoms with Gasteiger partial charge in [-0.1, -0.05) is 0 Å². The average molecular weight is 1680 g/mol. The van der Waals surface area contributed by atoms with Gasteiger partial charge in [-0.15, -0.1) is 0 Å². The number of ether oxygens (including phenoxy) is 18. The molecule has 9 fully saturated rings. The minimum Gasteiger partial charge on any atom is -0.394 e. The number of aliphatic hydroxyl groups is 32. The van der Waals surface area contributed by atoms with Crippen LogP contribution in [0.4, 0.5) is 0 Å². The molecule has 0 saturated carbocycles. The van der Waals surface area contributed by atoms with E-state index >= 15 is 0 Å². The Morgan fingerprint density at radius 2 is 0.535 bits per heavy atom. The smallest absolute Gasteiger partial charge is 0.217 e. The molecule has 9 aliphatic heterocycles. The van der Waals surface area contributed by atoms with E-state index in [0.29, 0.717) is 0 Å². The van der Waals surface area contributed by atoms with Crippen LogP contribution in [0.1, 0.15) is 6.92 Å². The molecule has 9 aliphatic rings. The van der Waals surface area contributed by atoms with Crippen molar-refractivity contribution in [3.05, 3.63) is 0 Å². The van der Waals surface area contributed by atoms with Crippen LogP contribution in [0.2, 0.25) is 0 Å². The molecule has 9 rings (SSSR count). The van der Waals surface area contributed by atoms with E-state index in [9.17, 15) is 168 Å². The van der Waals surface area contributed by atoms with Gasteiger partial charge in [0.1, 0.15) is 238 Å². The van der Waals surface area contributed by atoms with Gasteiger partial charge in [0, 0.05) is 6.92 Å². The van der Waals surface area contributed by atoms with Crippen molar-refractivity contribution in [3.63, 3.8) is 0 Å². The van der Waals surface area contributed by atoms with Gasteiger partial charge < -0.3 is 254 Å². The Bertz CT molecular complexity index is 2860. The van der Waals surface area contributed by atoms with Gasteiger partial charge in [0.2, 0.25) is 5.91 Å². The molecule has 0 unspecified atom stereocenters. The first-order valence-corrected chi connectivity index (χ1v) is 36.1. The van der Waals surface area contributed by atoms with E-state index in [1.807, 2.05) is 0 Å². The van der Waals surface area contributed by atoms with Crippen LogP contribution >= 0.6 is 0 Å². The van der Waals surface area contributed by atoms with E-state index in [2.05, 4.69) is 5.32 Å². The molecule has 0 bridgehead atoms. The van der Waals surface area contributed by atoms with Gasteiger partial charge in [-0.3, -0.25) is 4.79 Å². The lowest BCUT2D eigenvalue weighted by Gasteiger charge is -2.50. The lowest BCUT2D eigenvalue weighted by atomic mass is 9.95. The van der Waals surface area contributed by atoms with Gasteiger partial charge >= 0.3 is 0 Å². The van der Waals surface area contributed by atoms with Gasteiger partial charge in [0.15, 0.2) is 56.6 Å². The molecule has 1 amide bonds. The summed E-state index contributed by atoms with van der Waals surface area (Å²) in [5.41, 5.74) is 0. The third kappa shape index (κ3) is 20.7. The highest BCUT2D eigenvalue weighted by atomic mass is 16.8. The third-order valence-electron chi connectivity index (χ3n) is 20.9. The Labute approximate surface area is 643 Å². The van der Waals surface area contributed by atoms with E-state index < -0.39 is 379 Å². The molecular weight excluding hydrogens is 1570 g/mol. The average Bonchev–Trinajstić information content (AvgIpc) is 0.811. The number of hydrogen-bond acceptors (Lipinski definition) is 51. The Morgan fingerprint density at radius 3 is 0.842 bits per heavy atom. The minimum absolute atomic E-state index is 0.908. The maximum Gasteiger partial charge on any atom is 0.217 e. The number of aliphatic hydroxyl groups excluding tert-OH is 32. The molecule has 52 heteroatoms. The van der Waals surface area contributed by atoms with Gasteiger partial charge in [-0.05, 0) is 0 Å². The number of amides is 1. The van der Waals surface area contributed by atoms with Crippen LogP contribution in [0, 0.1) is 0 Å². The quantitative estimate of drug-likeness (QED) is 0.0290. The van der Waals surface area contributed by atoms with E-state index in [4.69, 9.17) is 85.3 Å². The van der Waals surface area contributed by atoms with Crippen molar-refractivity contribution in [3.8, 4) is 0 Å². The van der Waals surface area contributed by atoms with Gasteiger partial charge in [-0.2, -0.15) is 0 Å². The third-order valence-corrected chi connectivity index (χ3v) is 20.9. The Kier molecular flexibility index (Phi) is 35.1. The minimum atomic E-state index is -2.65. The van der Waals surface area contributed by atoms with Crippen molar-refractivity contribution in [2.45, 2.75) is 308 Å². The molecule has 0 aromatic heterocycles. The Balaban J connectivity index is 1.08. The maximum atomic E-state index is 12.6.